The molecule has 60 valence electrons. The number of carbonyl (C=O) groups excluding carboxylic acids is 1. The normalized spacial score (nSPS) is 10.9. The smallest absolute Gasteiger partial charge is 0.316 e. The molecule has 4 heteroatoms. The van der Waals surface area contributed by atoms with Crippen LogP contribution in [-0.4, -0.2) is 18.6 Å². The monoisotopic (exact) mass is 153 g/mol. The minimum atomic E-state index is -0.459. The number of nitrogens with zero attached hydrogens (tertiary/aromatic N) is 1. The summed E-state index contributed by atoms with van der Waals surface area (Å²) in [6.45, 7) is 5.44. The lowest BCUT2D eigenvalue weighted by molar-refractivity contribution is 0.241. The molecule has 0 rings (SSSR count). The summed E-state index contributed by atoms with van der Waals surface area (Å²) in [6.07, 6.45) is 1.57. The minimum absolute atomic E-state index is 0.348. The maximum Gasteiger partial charge on any atom is 0.316 e. The van der Waals surface area contributed by atoms with Gasteiger partial charge in [0, 0.05) is 6.54 Å². The van der Waals surface area contributed by atoms with Crippen LogP contribution in [0.15, 0.2) is 12.7 Å². The van der Waals surface area contributed by atoms with Gasteiger partial charge in [-0.05, 0) is 6.92 Å². The Balaban J connectivity index is 3.53. The van der Waals surface area contributed by atoms with Crippen molar-refractivity contribution in [2.75, 3.05) is 6.54 Å². The van der Waals surface area contributed by atoms with E-state index in [0.29, 0.717) is 6.54 Å². The third kappa shape index (κ3) is 4.97. The Morgan fingerprint density at radius 2 is 2.55 bits per heavy atom. The van der Waals surface area contributed by atoms with Crippen molar-refractivity contribution >= 4 is 6.03 Å². The predicted octanol–water partition coefficient (Wildman–Crippen LogP) is 0.384. The minimum Gasteiger partial charge on any atom is -0.335 e. The number of rotatable bonds is 3. The molecule has 1 atom stereocenters. The SMILES string of the molecule is C=CCNC(=O)NC(C)C#N. The van der Waals surface area contributed by atoms with Crippen LogP contribution in [0.5, 0.6) is 0 Å². The fourth-order valence-electron chi connectivity index (χ4n) is 0.445. The van der Waals surface area contributed by atoms with E-state index in [9.17, 15) is 4.79 Å². The molecule has 0 radical (unpaired) electrons. The van der Waals surface area contributed by atoms with Gasteiger partial charge >= 0.3 is 6.03 Å². The summed E-state index contributed by atoms with van der Waals surface area (Å²) >= 11 is 0. The molecule has 0 aromatic carbocycles. The predicted molar refractivity (Wildman–Crippen MR) is 41.8 cm³/mol. The molecule has 11 heavy (non-hydrogen) atoms. The average Bonchev–Trinajstić information content (AvgIpc) is 2.00. The van der Waals surface area contributed by atoms with E-state index in [2.05, 4.69) is 17.2 Å². The first-order valence-electron chi connectivity index (χ1n) is 3.25. The van der Waals surface area contributed by atoms with Gasteiger partial charge in [-0.3, -0.25) is 0 Å². The van der Waals surface area contributed by atoms with E-state index < -0.39 is 6.04 Å². The number of hydrogen-bond acceptors (Lipinski definition) is 2. The van der Waals surface area contributed by atoms with Gasteiger partial charge in [-0.2, -0.15) is 5.26 Å². The Kier molecular flexibility index (Phi) is 4.58. The van der Waals surface area contributed by atoms with E-state index in [0.717, 1.165) is 0 Å². The summed E-state index contributed by atoms with van der Waals surface area (Å²) in [7, 11) is 0. The highest BCUT2D eigenvalue weighted by molar-refractivity contribution is 5.74. The number of urea groups is 1. The molecule has 4 nitrogen and oxygen atoms in total. The van der Waals surface area contributed by atoms with Gasteiger partial charge < -0.3 is 10.6 Å². The van der Waals surface area contributed by atoms with Crippen LogP contribution in [0.25, 0.3) is 0 Å². The molecule has 1 unspecified atom stereocenters. The van der Waals surface area contributed by atoms with Gasteiger partial charge in [0.2, 0.25) is 0 Å². The van der Waals surface area contributed by atoms with Crippen molar-refractivity contribution in [3.63, 3.8) is 0 Å². The molecule has 0 saturated heterocycles. The maximum atomic E-state index is 10.8. The standard InChI is InChI=1S/C7H11N3O/c1-3-4-9-7(11)10-6(2)5-8/h3,6H,1,4H2,2H3,(H2,9,10,11). The van der Waals surface area contributed by atoms with Crippen LogP contribution < -0.4 is 10.6 Å². The van der Waals surface area contributed by atoms with E-state index in [4.69, 9.17) is 5.26 Å². The van der Waals surface area contributed by atoms with Crippen LogP contribution in [0.2, 0.25) is 0 Å². The van der Waals surface area contributed by atoms with E-state index in [1.54, 1.807) is 13.0 Å². The molecule has 0 heterocycles. The molecular weight excluding hydrogens is 142 g/mol. The first-order chi connectivity index (χ1) is 5.20. The largest absolute Gasteiger partial charge is 0.335 e. The zero-order valence-electron chi connectivity index (χ0n) is 6.42. The molecule has 0 aliphatic heterocycles. The molecule has 0 bridgehead atoms. The average molecular weight is 153 g/mol. The third-order valence-corrected chi connectivity index (χ3v) is 0.948. The molecule has 0 fully saturated rings. The maximum absolute atomic E-state index is 10.8. The van der Waals surface area contributed by atoms with Crippen molar-refractivity contribution in [3.8, 4) is 6.07 Å². The van der Waals surface area contributed by atoms with Crippen LogP contribution in [0, 0.1) is 11.3 Å². The number of hydrogen-bond donors (Lipinski definition) is 2. The van der Waals surface area contributed by atoms with Crippen LogP contribution in [-0.2, 0) is 0 Å². The fraction of sp³-hybridized carbons (Fsp3) is 0.429. The zero-order valence-corrected chi connectivity index (χ0v) is 6.42. The molecular formula is C7H11N3O. The summed E-state index contributed by atoms with van der Waals surface area (Å²) in [5.74, 6) is 0. The molecule has 0 aliphatic rings. The van der Waals surface area contributed by atoms with Gasteiger partial charge in [0.15, 0.2) is 0 Å². The summed E-state index contributed by atoms with van der Waals surface area (Å²) < 4.78 is 0. The van der Waals surface area contributed by atoms with Gasteiger partial charge in [0.05, 0.1) is 6.07 Å². The Bertz CT molecular complexity index is 183. The quantitative estimate of drug-likeness (QED) is 0.576. The molecule has 0 aromatic rings. The van der Waals surface area contributed by atoms with Crippen molar-refractivity contribution in [1.82, 2.24) is 10.6 Å². The van der Waals surface area contributed by atoms with E-state index in [-0.39, 0.29) is 6.03 Å². The van der Waals surface area contributed by atoms with Gasteiger partial charge in [-0.25, -0.2) is 4.79 Å². The fourth-order valence-corrected chi connectivity index (χ4v) is 0.445. The second-order valence-corrected chi connectivity index (χ2v) is 1.99. The molecule has 2 N–H and O–H groups in total. The third-order valence-electron chi connectivity index (χ3n) is 0.948. The number of nitriles is 1. The Labute approximate surface area is 65.9 Å². The van der Waals surface area contributed by atoms with Gasteiger partial charge in [0.1, 0.15) is 6.04 Å². The van der Waals surface area contributed by atoms with Crippen molar-refractivity contribution in [1.29, 1.82) is 5.26 Å². The van der Waals surface area contributed by atoms with Crippen LogP contribution in [0.4, 0.5) is 4.79 Å². The summed E-state index contributed by atoms with van der Waals surface area (Å²) in [5.41, 5.74) is 0. The molecule has 0 aliphatic carbocycles. The van der Waals surface area contributed by atoms with Gasteiger partial charge in [-0.15, -0.1) is 6.58 Å². The number of carbonyl (C=O) groups is 1. The lowest BCUT2D eigenvalue weighted by Crippen LogP contribution is -2.40. The van der Waals surface area contributed by atoms with Crippen molar-refractivity contribution < 1.29 is 4.79 Å². The van der Waals surface area contributed by atoms with E-state index in [1.807, 2.05) is 6.07 Å². The highest BCUT2D eigenvalue weighted by Crippen LogP contribution is 1.75. The Morgan fingerprint density at radius 3 is 3.00 bits per heavy atom. The molecule has 0 spiro atoms. The van der Waals surface area contributed by atoms with Crippen LogP contribution >= 0.6 is 0 Å². The second kappa shape index (κ2) is 5.30. The summed E-state index contributed by atoms with van der Waals surface area (Å²) in [6, 6.07) is 1.07. The molecule has 0 aromatic heterocycles. The van der Waals surface area contributed by atoms with Crippen molar-refractivity contribution in [3.05, 3.63) is 12.7 Å². The van der Waals surface area contributed by atoms with E-state index in [1.165, 1.54) is 0 Å². The highest BCUT2D eigenvalue weighted by Gasteiger charge is 2.02. The first-order valence-corrected chi connectivity index (χ1v) is 3.25. The van der Waals surface area contributed by atoms with Gasteiger partial charge in [0.25, 0.3) is 0 Å². The Hall–Kier alpha value is -1.50. The second-order valence-electron chi connectivity index (χ2n) is 1.99. The lowest BCUT2D eigenvalue weighted by Gasteiger charge is -2.05. The zero-order chi connectivity index (χ0) is 8.69. The topological polar surface area (TPSA) is 64.9 Å². The lowest BCUT2D eigenvalue weighted by atomic mass is 10.4. The van der Waals surface area contributed by atoms with E-state index >= 15 is 0 Å². The van der Waals surface area contributed by atoms with Crippen LogP contribution in [0.3, 0.4) is 0 Å². The van der Waals surface area contributed by atoms with Crippen molar-refractivity contribution in [2.45, 2.75) is 13.0 Å². The number of nitrogens with one attached hydrogen (secondary N) is 2. The van der Waals surface area contributed by atoms with Gasteiger partial charge in [-0.1, -0.05) is 6.08 Å². The summed E-state index contributed by atoms with van der Waals surface area (Å²) in [4.78, 5) is 10.8. The summed E-state index contributed by atoms with van der Waals surface area (Å²) in [5, 5.41) is 13.2. The first kappa shape index (κ1) is 9.50. The van der Waals surface area contributed by atoms with Crippen LogP contribution in [0.1, 0.15) is 6.92 Å². The number of amides is 2. The molecule has 0 saturated carbocycles. The molecule has 2 amide bonds. The highest BCUT2D eigenvalue weighted by atomic mass is 16.2. The van der Waals surface area contributed by atoms with Crippen molar-refractivity contribution in [2.24, 2.45) is 0 Å². The Morgan fingerprint density at radius 1 is 1.91 bits per heavy atom.